The fraction of sp³-hybridized carbons (Fsp3) is 0.684. The van der Waals surface area contributed by atoms with Crippen LogP contribution in [0.1, 0.15) is 25.0 Å². The smallest absolute Gasteiger partial charge is 0.225 e. The van der Waals surface area contributed by atoms with Crippen LogP contribution in [0.5, 0.6) is 0 Å². The summed E-state index contributed by atoms with van der Waals surface area (Å²) in [5.74, 6) is 0.913. The molecule has 7 heteroatoms. The molecule has 3 heterocycles. The highest BCUT2D eigenvalue weighted by molar-refractivity contribution is 5.89. The number of amides is 2. The molecule has 1 aromatic heterocycles. The Morgan fingerprint density at radius 1 is 1.35 bits per heavy atom. The summed E-state index contributed by atoms with van der Waals surface area (Å²) in [4.78, 5) is 30.9. The first-order valence-corrected chi connectivity index (χ1v) is 9.49. The Labute approximate surface area is 155 Å². The summed E-state index contributed by atoms with van der Waals surface area (Å²) in [7, 11) is 3.98. The highest BCUT2D eigenvalue weighted by Crippen LogP contribution is 2.19. The van der Waals surface area contributed by atoms with Gasteiger partial charge in [0.2, 0.25) is 11.8 Å². The Morgan fingerprint density at radius 2 is 2.12 bits per heavy atom. The fourth-order valence-electron chi connectivity index (χ4n) is 3.66. The average molecular weight is 362 g/mol. The van der Waals surface area contributed by atoms with E-state index in [2.05, 4.69) is 15.1 Å². The molecular weight excluding hydrogens is 332 g/mol. The van der Waals surface area contributed by atoms with Crippen LogP contribution in [0, 0.1) is 5.92 Å². The maximum absolute atomic E-state index is 12.6. The van der Waals surface area contributed by atoms with Crippen molar-refractivity contribution in [2.45, 2.75) is 31.8 Å². The van der Waals surface area contributed by atoms with Gasteiger partial charge in [-0.1, -0.05) is 0 Å². The number of carbonyl (C=O) groups is 2. The first-order valence-electron chi connectivity index (χ1n) is 9.49. The molecule has 0 bridgehead atoms. The van der Waals surface area contributed by atoms with Gasteiger partial charge in [-0.05, 0) is 39.1 Å². The van der Waals surface area contributed by atoms with Gasteiger partial charge in [-0.15, -0.1) is 0 Å². The van der Waals surface area contributed by atoms with Gasteiger partial charge in [-0.25, -0.2) is 0 Å². The molecule has 2 saturated heterocycles. The first kappa shape index (κ1) is 18.9. The minimum atomic E-state index is -0.203. The van der Waals surface area contributed by atoms with Crippen LogP contribution in [0.3, 0.4) is 0 Å². The minimum Gasteiger partial charge on any atom is -0.468 e. The molecule has 2 fully saturated rings. The lowest BCUT2D eigenvalue weighted by atomic mass is 10.0. The molecule has 2 aliphatic rings. The van der Waals surface area contributed by atoms with E-state index in [-0.39, 0.29) is 23.8 Å². The van der Waals surface area contributed by atoms with E-state index >= 15 is 0 Å². The number of hydrogen-bond donors (Lipinski definition) is 1. The van der Waals surface area contributed by atoms with Gasteiger partial charge in [0.25, 0.3) is 0 Å². The summed E-state index contributed by atoms with van der Waals surface area (Å²) < 4.78 is 5.40. The van der Waals surface area contributed by atoms with Crippen LogP contribution in [-0.4, -0.2) is 79.4 Å². The van der Waals surface area contributed by atoms with E-state index in [9.17, 15) is 9.59 Å². The molecule has 3 rings (SSSR count). The number of furan rings is 1. The molecule has 0 unspecified atom stereocenters. The third kappa shape index (κ3) is 5.08. The van der Waals surface area contributed by atoms with Gasteiger partial charge >= 0.3 is 0 Å². The summed E-state index contributed by atoms with van der Waals surface area (Å²) in [5.41, 5.74) is 0. The quantitative estimate of drug-likeness (QED) is 0.776. The topological polar surface area (TPSA) is 69.0 Å². The van der Waals surface area contributed by atoms with Crippen molar-refractivity contribution in [2.24, 2.45) is 5.92 Å². The van der Waals surface area contributed by atoms with Crippen LogP contribution in [-0.2, 0) is 16.1 Å². The van der Waals surface area contributed by atoms with E-state index in [1.54, 1.807) is 6.26 Å². The molecule has 0 aliphatic carbocycles. The average Bonchev–Trinajstić information content (AvgIpc) is 3.24. The predicted molar refractivity (Wildman–Crippen MR) is 98.4 cm³/mol. The lowest BCUT2D eigenvalue weighted by Gasteiger charge is -2.32. The molecule has 0 saturated carbocycles. The number of hydrogen-bond acceptors (Lipinski definition) is 5. The predicted octanol–water partition coefficient (Wildman–Crippen LogP) is 0.770. The summed E-state index contributed by atoms with van der Waals surface area (Å²) in [6.07, 6.45) is 3.93. The van der Waals surface area contributed by atoms with Gasteiger partial charge in [0, 0.05) is 45.2 Å². The Kier molecular flexibility index (Phi) is 6.32. The Hall–Kier alpha value is -1.86. The van der Waals surface area contributed by atoms with E-state index in [1.807, 2.05) is 31.1 Å². The molecule has 0 radical (unpaired) electrons. The Balaban J connectivity index is 1.39. The molecule has 144 valence electrons. The summed E-state index contributed by atoms with van der Waals surface area (Å²) >= 11 is 0. The van der Waals surface area contributed by atoms with Gasteiger partial charge in [-0.3, -0.25) is 14.5 Å². The lowest BCUT2D eigenvalue weighted by Crippen LogP contribution is -2.46. The maximum Gasteiger partial charge on any atom is 0.225 e. The van der Waals surface area contributed by atoms with Crippen molar-refractivity contribution < 1.29 is 14.0 Å². The van der Waals surface area contributed by atoms with E-state index in [1.165, 1.54) is 0 Å². The third-order valence-electron chi connectivity index (χ3n) is 5.30. The second kappa shape index (κ2) is 8.68. The summed E-state index contributed by atoms with van der Waals surface area (Å²) in [5, 5.41) is 3.17. The summed E-state index contributed by atoms with van der Waals surface area (Å²) in [6.45, 7) is 4.80. The van der Waals surface area contributed by atoms with E-state index in [4.69, 9.17) is 4.42 Å². The molecule has 0 aromatic carbocycles. The molecule has 7 nitrogen and oxygen atoms in total. The molecule has 1 aromatic rings. The minimum absolute atomic E-state index is 0.0372. The van der Waals surface area contributed by atoms with Gasteiger partial charge in [0.1, 0.15) is 5.76 Å². The molecule has 1 N–H and O–H groups in total. The SMILES string of the molecule is CN(C)CCN1C[C@H](C(=O)NC2CCN(Cc3ccco3)CC2)CC1=O. The number of carbonyl (C=O) groups excluding carboxylic acids is 2. The maximum atomic E-state index is 12.6. The van der Waals surface area contributed by atoms with Crippen molar-refractivity contribution >= 4 is 11.8 Å². The van der Waals surface area contributed by atoms with Gasteiger partial charge in [0.15, 0.2) is 0 Å². The van der Waals surface area contributed by atoms with E-state index in [0.29, 0.717) is 19.5 Å². The number of likely N-dealkylation sites (N-methyl/N-ethyl adjacent to an activating group) is 1. The normalized spacial score (nSPS) is 22.3. The first-order chi connectivity index (χ1) is 12.5. The second-order valence-electron chi connectivity index (χ2n) is 7.68. The van der Waals surface area contributed by atoms with Crippen molar-refractivity contribution in [3.8, 4) is 0 Å². The van der Waals surface area contributed by atoms with Crippen LogP contribution >= 0.6 is 0 Å². The number of likely N-dealkylation sites (tertiary alicyclic amines) is 2. The highest BCUT2D eigenvalue weighted by Gasteiger charge is 2.35. The largest absolute Gasteiger partial charge is 0.468 e. The fourth-order valence-corrected chi connectivity index (χ4v) is 3.66. The third-order valence-corrected chi connectivity index (χ3v) is 5.30. The Bertz CT molecular complexity index is 594. The van der Waals surface area contributed by atoms with Crippen molar-refractivity contribution in [3.63, 3.8) is 0 Å². The van der Waals surface area contributed by atoms with Crippen molar-refractivity contribution in [3.05, 3.63) is 24.2 Å². The lowest BCUT2D eigenvalue weighted by molar-refractivity contribution is -0.129. The zero-order valence-electron chi connectivity index (χ0n) is 15.8. The van der Waals surface area contributed by atoms with Crippen molar-refractivity contribution in [1.29, 1.82) is 0 Å². The number of piperidine rings is 1. The number of nitrogens with one attached hydrogen (secondary N) is 1. The molecule has 2 amide bonds. The monoisotopic (exact) mass is 362 g/mol. The van der Waals surface area contributed by atoms with Gasteiger partial charge < -0.3 is 19.5 Å². The van der Waals surface area contributed by atoms with Crippen LogP contribution in [0.15, 0.2) is 22.8 Å². The molecule has 1 atom stereocenters. The van der Waals surface area contributed by atoms with E-state index < -0.39 is 0 Å². The standard InChI is InChI=1S/C19H30N4O3/c1-21(2)9-10-23-13-15(12-18(23)24)19(25)20-16-5-7-22(8-6-16)14-17-4-3-11-26-17/h3-4,11,15-16H,5-10,12-14H2,1-2H3,(H,20,25)/t15-/m1/s1. The number of nitrogens with zero attached hydrogens (tertiary/aromatic N) is 3. The highest BCUT2D eigenvalue weighted by atomic mass is 16.3. The molecular formula is C19H30N4O3. The van der Waals surface area contributed by atoms with Crippen LogP contribution in [0.4, 0.5) is 0 Å². The van der Waals surface area contributed by atoms with Crippen molar-refractivity contribution in [1.82, 2.24) is 20.0 Å². The zero-order chi connectivity index (χ0) is 18.5. The van der Waals surface area contributed by atoms with E-state index in [0.717, 1.165) is 44.8 Å². The summed E-state index contributed by atoms with van der Waals surface area (Å²) in [6, 6.07) is 4.11. The van der Waals surface area contributed by atoms with Crippen molar-refractivity contribution in [2.75, 3.05) is 46.8 Å². The molecule has 2 aliphatic heterocycles. The number of rotatable bonds is 7. The zero-order valence-corrected chi connectivity index (χ0v) is 15.8. The second-order valence-corrected chi connectivity index (χ2v) is 7.68. The van der Waals surface area contributed by atoms with Gasteiger partial charge in [-0.2, -0.15) is 0 Å². The molecule has 26 heavy (non-hydrogen) atoms. The Morgan fingerprint density at radius 3 is 2.77 bits per heavy atom. The van der Waals surface area contributed by atoms with Crippen LogP contribution in [0.2, 0.25) is 0 Å². The van der Waals surface area contributed by atoms with Gasteiger partial charge in [0.05, 0.1) is 18.7 Å². The van der Waals surface area contributed by atoms with Crippen LogP contribution < -0.4 is 5.32 Å². The molecule has 0 spiro atoms. The van der Waals surface area contributed by atoms with Crippen LogP contribution in [0.25, 0.3) is 0 Å².